The van der Waals surface area contributed by atoms with E-state index in [-0.39, 0.29) is 0 Å². The van der Waals surface area contributed by atoms with Crippen molar-refractivity contribution < 1.29 is 0 Å². The lowest BCUT2D eigenvalue weighted by molar-refractivity contribution is 1.28. The number of benzene rings is 6. The first-order chi connectivity index (χ1) is 20.1. The molecule has 41 heavy (non-hydrogen) atoms. The summed E-state index contributed by atoms with van der Waals surface area (Å²) in [5, 5.41) is 0. The SMILES string of the molecule is Nc1ccc(N(c2ccc(N)cc2)c2ccc(-c3ccc(C(=Cc4ccccc4)c4ccccc4)cc3)cc2)cc1. The summed E-state index contributed by atoms with van der Waals surface area (Å²) in [7, 11) is 0. The Balaban J connectivity index is 1.31. The van der Waals surface area contributed by atoms with Gasteiger partial charge in [-0.3, -0.25) is 0 Å². The Kier molecular flexibility index (Phi) is 7.33. The number of hydrogen-bond acceptors (Lipinski definition) is 3. The molecule has 0 aliphatic carbocycles. The van der Waals surface area contributed by atoms with Crippen LogP contribution in [0.25, 0.3) is 22.8 Å². The third kappa shape index (κ3) is 5.90. The molecule has 0 bridgehead atoms. The van der Waals surface area contributed by atoms with E-state index >= 15 is 0 Å². The molecular weight excluding hydrogens is 498 g/mol. The average molecular weight is 530 g/mol. The molecule has 4 N–H and O–H groups in total. The summed E-state index contributed by atoms with van der Waals surface area (Å²) >= 11 is 0. The molecule has 3 heteroatoms. The van der Waals surface area contributed by atoms with Crippen molar-refractivity contribution in [2.24, 2.45) is 0 Å². The van der Waals surface area contributed by atoms with Crippen LogP contribution in [-0.2, 0) is 0 Å². The highest BCUT2D eigenvalue weighted by Crippen LogP contribution is 2.36. The summed E-state index contributed by atoms with van der Waals surface area (Å²) in [4.78, 5) is 2.20. The van der Waals surface area contributed by atoms with Crippen molar-refractivity contribution in [3.8, 4) is 11.1 Å². The lowest BCUT2D eigenvalue weighted by Gasteiger charge is -2.26. The van der Waals surface area contributed by atoms with Gasteiger partial charge in [-0.05, 0) is 100 Å². The van der Waals surface area contributed by atoms with Gasteiger partial charge in [0.2, 0.25) is 0 Å². The van der Waals surface area contributed by atoms with Gasteiger partial charge in [0.05, 0.1) is 0 Å². The molecule has 3 nitrogen and oxygen atoms in total. The number of anilines is 5. The number of nitrogens with zero attached hydrogens (tertiary/aromatic N) is 1. The van der Waals surface area contributed by atoms with Crippen molar-refractivity contribution in [2.75, 3.05) is 16.4 Å². The first kappa shape index (κ1) is 25.7. The molecule has 0 aromatic heterocycles. The van der Waals surface area contributed by atoms with E-state index in [9.17, 15) is 0 Å². The van der Waals surface area contributed by atoms with E-state index in [4.69, 9.17) is 11.5 Å². The molecule has 0 unspecified atom stereocenters. The molecule has 0 radical (unpaired) electrons. The highest BCUT2D eigenvalue weighted by Gasteiger charge is 2.13. The summed E-state index contributed by atoms with van der Waals surface area (Å²) in [6.07, 6.45) is 2.25. The van der Waals surface area contributed by atoms with Gasteiger partial charge in [0.25, 0.3) is 0 Å². The lowest BCUT2D eigenvalue weighted by atomic mass is 9.94. The van der Waals surface area contributed by atoms with E-state index in [2.05, 4.69) is 114 Å². The van der Waals surface area contributed by atoms with Gasteiger partial charge in [0.1, 0.15) is 0 Å². The van der Waals surface area contributed by atoms with Crippen LogP contribution in [0.15, 0.2) is 158 Å². The number of nitrogen functional groups attached to an aromatic ring is 2. The van der Waals surface area contributed by atoms with Crippen LogP contribution in [0.3, 0.4) is 0 Å². The second kappa shape index (κ2) is 11.7. The van der Waals surface area contributed by atoms with Gasteiger partial charge in [-0.25, -0.2) is 0 Å². The van der Waals surface area contributed by atoms with Crippen LogP contribution in [-0.4, -0.2) is 0 Å². The van der Waals surface area contributed by atoms with Gasteiger partial charge in [-0.2, -0.15) is 0 Å². The summed E-state index contributed by atoms with van der Waals surface area (Å²) < 4.78 is 0. The van der Waals surface area contributed by atoms with Crippen molar-refractivity contribution in [2.45, 2.75) is 0 Å². The molecule has 0 fully saturated rings. The van der Waals surface area contributed by atoms with E-state index in [0.717, 1.165) is 34.0 Å². The number of hydrogen-bond donors (Lipinski definition) is 2. The topological polar surface area (TPSA) is 55.3 Å². The molecule has 6 rings (SSSR count). The second-order valence-electron chi connectivity index (χ2n) is 9.98. The zero-order valence-corrected chi connectivity index (χ0v) is 22.7. The first-order valence-corrected chi connectivity index (χ1v) is 13.7. The first-order valence-electron chi connectivity index (χ1n) is 13.7. The van der Waals surface area contributed by atoms with Gasteiger partial charge in [0.15, 0.2) is 0 Å². The molecule has 0 saturated carbocycles. The minimum Gasteiger partial charge on any atom is -0.399 e. The Morgan fingerprint density at radius 1 is 0.415 bits per heavy atom. The predicted molar refractivity (Wildman–Crippen MR) is 175 cm³/mol. The summed E-state index contributed by atoms with van der Waals surface area (Å²) in [6.45, 7) is 0. The Bertz CT molecular complexity index is 1690. The monoisotopic (exact) mass is 529 g/mol. The van der Waals surface area contributed by atoms with Gasteiger partial charge < -0.3 is 16.4 Å². The lowest BCUT2D eigenvalue weighted by Crippen LogP contribution is -2.10. The van der Waals surface area contributed by atoms with Crippen LogP contribution in [0.2, 0.25) is 0 Å². The molecule has 0 spiro atoms. The van der Waals surface area contributed by atoms with E-state index < -0.39 is 0 Å². The van der Waals surface area contributed by atoms with Crippen molar-refractivity contribution in [3.63, 3.8) is 0 Å². The van der Waals surface area contributed by atoms with Crippen LogP contribution < -0.4 is 16.4 Å². The van der Waals surface area contributed by atoms with Crippen LogP contribution in [0, 0.1) is 0 Å². The molecule has 0 amide bonds. The molecule has 0 saturated heterocycles. The molecule has 0 atom stereocenters. The molecule has 198 valence electrons. The minimum atomic E-state index is 0.735. The summed E-state index contributed by atoms with van der Waals surface area (Å²) in [5.74, 6) is 0. The number of nitrogens with two attached hydrogens (primary N) is 2. The van der Waals surface area contributed by atoms with E-state index in [1.165, 1.54) is 27.8 Å². The van der Waals surface area contributed by atoms with Crippen LogP contribution in [0.1, 0.15) is 16.7 Å². The summed E-state index contributed by atoms with van der Waals surface area (Å²) in [6, 6.07) is 54.3. The molecule has 6 aromatic carbocycles. The Morgan fingerprint density at radius 2 is 0.805 bits per heavy atom. The maximum atomic E-state index is 5.97. The average Bonchev–Trinajstić information content (AvgIpc) is 3.03. The summed E-state index contributed by atoms with van der Waals surface area (Å²) in [5.41, 5.74) is 23.6. The maximum absolute atomic E-state index is 5.97. The van der Waals surface area contributed by atoms with Crippen molar-refractivity contribution in [1.82, 2.24) is 0 Å². The van der Waals surface area contributed by atoms with Crippen LogP contribution in [0.4, 0.5) is 28.4 Å². The zero-order valence-electron chi connectivity index (χ0n) is 22.7. The van der Waals surface area contributed by atoms with Gasteiger partial charge in [-0.15, -0.1) is 0 Å². The fourth-order valence-electron chi connectivity index (χ4n) is 5.01. The normalized spacial score (nSPS) is 11.3. The maximum Gasteiger partial charge on any atom is 0.0463 e. The highest BCUT2D eigenvalue weighted by atomic mass is 15.1. The largest absolute Gasteiger partial charge is 0.399 e. The molecule has 0 aliphatic heterocycles. The zero-order chi connectivity index (χ0) is 28.0. The second-order valence-corrected chi connectivity index (χ2v) is 9.98. The number of rotatable bonds is 7. The quantitative estimate of drug-likeness (QED) is 0.160. The fourth-order valence-corrected chi connectivity index (χ4v) is 5.01. The van der Waals surface area contributed by atoms with E-state index in [1.54, 1.807) is 0 Å². The smallest absolute Gasteiger partial charge is 0.0463 e. The Morgan fingerprint density at radius 3 is 1.29 bits per heavy atom. The standard InChI is InChI=1S/C38H31N3/c39-33-17-23-36(24-18-33)41(37-25-19-34(40)20-26-37)35-21-15-30(16-22-35)29-11-13-32(14-12-29)38(31-9-5-2-6-10-31)27-28-7-3-1-4-8-28/h1-27H,39-40H2. The molecule has 0 heterocycles. The van der Waals surface area contributed by atoms with Crippen molar-refractivity contribution in [1.29, 1.82) is 0 Å². The Hall–Kier alpha value is -5.54. The minimum absolute atomic E-state index is 0.735. The van der Waals surface area contributed by atoms with Crippen LogP contribution >= 0.6 is 0 Å². The van der Waals surface area contributed by atoms with Gasteiger partial charge >= 0.3 is 0 Å². The predicted octanol–water partition coefficient (Wildman–Crippen LogP) is 9.58. The molecule has 0 aliphatic rings. The van der Waals surface area contributed by atoms with E-state index in [0.29, 0.717) is 0 Å². The third-order valence-corrected chi connectivity index (χ3v) is 7.15. The molecule has 6 aromatic rings. The van der Waals surface area contributed by atoms with Gasteiger partial charge in [0, 0.05) is 28.4 Å². The fraction of sp³-hybridized carbons (Fsp3) is 0. The Labute approximate surface area is 241 Å². The third-order valence-electron chi connectivity index (χ3n) is 7.15. The molecular formula is C38H31N3. The van der Waals surface area contributed by atoms with Crippen molar-refractivity contribution >= 4 is 40.1 Å². The van der Waals surface area contributed by atoms with Crippen molar-refractivity contribution in [3.05, 3.63) is 174 Å². The van der Waals surface area contributed by atoms with Gasteiger partial charge in [-0.1, -0.05) is 97.1 Å². The van der Waals surface area contributed by atoms with E-state index in [1.807, 2.05) is 54.6 Å². The highest BCUT2D eigenvalue weighted by molar-refractivity contribution is 5.92. The van der Waals surface area contributed by atoms with Crippen LogP contribution in [0.5, 0.6) is 0 Å².